The van der Waals surface area contributed by atoms with Crippen LogP contribution in [0.1, 0.15) is 42.5 Å². The molecule has 0 bridgehead atoms. The lowest BCUT2D eigenvalue weighted by Crippen LogP contribution is -2.14. The molecule has 0 heterocycles. The molecule has 0 fully saturated rings. The SMILES string of the molecule is CCCCc1ccc(C(N)c2cccc(F)c2F)cc1. The van der Waals surface area contributed by atoms with E-state index >= 15 is 0 Å². The Labute approximate surface area is 118 Å². The van der Waals surface area contributed by atoms with Gasteiger partial charge in [-0.3, -0.25) is 0 Å². The fraction of sp³-hybridized carbons (Fsp3) is 0.294. The van der Waals surface area contributed by atoms with Crippen LogP contribution < -0.4 is 5.73 Å². The van der Waals surface area contributed by atoms with Crippen molar-refractivity contribution in [3.63, 3.8) is 0 Å². The van der Waals surface area contributed by atoms with E-state index < -0.39 is 17.7 Å². The second-order valence-corrected chi connectivity index (χ2v) is 4.97. The van der Waals surface area contributed by atoms with Crippen molar-refractivity contribution in [2.24, 2.45) is 5.73 Å². The quantitative estimate of drug-likeness (QED) is 0.862. The van der Waals surface area contributed by atoms with E-state index in [9.17, 15) is 8.78 Å². The van der Waals surface area contributed by atoms with Gasteiger partial charge >= 0.3 is 0 Å². The zero-order valence-corrected chi connectivity index (χ0v) is 11.6. The monoisotopic (exact) mass is 275 g/mol. The number of nitrogens with two attached hydrogens (primary N) is 1. The third kappa shape index (κ3) is 3.23. The van der Waals surface area contributed by atoms with E-state index in [1.54, 1.807) is 0 Å². The van der Waals surface area contributed by atoms with Crippen molar-refractivity contribution in [2.75, 3.05) is 0 Å². The van der Waals surface area contributed by atoms with Crippen LogP contribution in [0.2, 0.25) is 0 Å². The summed E-state index contributed by atoms with van der Waals surface area (Å²) < 4.78 is 27.0. The normalized spacial score (nSPS) is 12.4. The van der Waals surface area contributed by atoms with Crippen LogP contribution in [0, 0.1) is 11.6 Å². The molecule has 0 amide bonds. The highest BCUT2D eigenvalue weighted by Gasteiger charge is 2.16. The first-order valence-electron chi connectivity index (χ1n) is 6.91. The van der Waals surface area contributed by atoms with Gasteiger partial charge in [0, 0.05) is 5.56 Å². The molecule has 0 saturated heterocycles. The van der Waals surface area contributed by atoms with Crippen LogP contribution >= 0.6 is 0 Å². The molecule has 0 radical (unpaired) electrons. The Bertz CT molecular complexity index is 564. The molecule has 20 heavy (non-hydrogen) atoms. The molecule has 1 unspecified atom stereocenters. The third-order valence-corrected chi connectivity index (χ3v) is 3.47. The van der Waals surface area contributed by atoms with E-state index in [2.05, 4.69) is 6.92 Å². The van der Waals surface area contributed by atoms with Crippen molar-refractivity contribution in [3.05, 3.63) is 70.8 Å². The summed E-state index contributed by atoms with van der Waals surface area (Å²) in [5.74, 6) is -1.73. The largest absolute Gasteiger partial charge is 0.320 e. The van der Waals surface area contributed by atoms with Crippen LogP contribution in [-0.2, 0) is 6.42 Å². The molecule has 106 valence electrons. The number of hydrogen-bond acceptors (Lipinski definition) is 1. The van der Waals surface area contributed by atoms with Crippen molar-refractivity contribution < 1.29 is 8.78 Å². The molecular weight excluding hydrogens is 256 g/mol. The predicted octanol–water partition coefficient (Wildman–Crippen LogP) is 4.36. The van der Waals surface area contributed by atoms with Crippen molar-refractivity contribution in [1.82, 2.24) is 0 Å². The minimum atomic E-state index is -0.866. The van der Waals surface area contributed by atoms with Crippen LogP contribution in [0.5, 0.6) is 0 Å². The summed E-state index contributed by atoms with van der Waals surface area (Å²) in [5, 5.41) is 0. The van der Waals surface area contributed by atoms with Gasteiger partial charge in [-0.15, -0.1) is 0 Å². The highest BCUT2D eigenvalue weighted by Crippen LogP contribution is 2.24. The Morgan fingerprint density at radius 2 is 1.75 bits per heavy atom. The highest BCUT2D eigenvalue weighted by atomic mass is 19.2. The molecule has 2 rings (SSSR count). The molecule has 0 saturated carbocycles. The van der Waals surface area contributed by atoms with Crippen LogP contribution in [-0.4, -0.2) is 0 Å². The minimum Gasteiger partial charge on any atom is -0.320 e. The van der Waals surface area contributed by atoms with Gasteiger partial charge in [0.2, 0.25) is 0 Å². The highest BCUT2D eigenvalue weighted by molar-refractivity contribution is 5.34. The van der Waals surface area contributed by atoms with E-state index in [1.165, 1.54) is 17.7 Å². The first-order valence-corrected chi connectivity index (χ1v) is 6.91. The molecule has 1 atom stereocenters. The van der Waals surface area contributed by atoms with Gasteiger partial charge in [0.1, 0.15) is 0 Å². The molecule has 1 nitrogen and oxygen atoms in total. The maximum atomic E-state index is 13.7. The zero-order chi connectivity index (χ0) is 14.5. The van der Waals surface area contributed by atoms with Crippen molar-refractivity contribution in [1.29, 1.82) is 0 Å². The lowest BCUT2D eigenvalue weighted by atomic mass is 9.97. The van der Waals surface area contributed by atoms with Crippen LogP contribution in [0.3, 0.4) is 0 Å². The molecule has 3 heteroatoms. The van der Waals surface area contributed by atoms with Crippen molar-refractivity contribution in [3.8, 4) is 0 Å². The van der Waals surface area contributed by atoms with E-state index in [-0.39, 0.29) is 5.56 Å². The molecule has 0 aromatic heterocycles. The van der Waals surface area contributed by atoms with Gasteiger partial charge in [-0.2, -0.15) is 0 Å². The first kappa shape index (κ1) is 14.7. The van der Waals surface area contributed by atoms with Gasteiger partial charge < -0.3 is 5.73 Å². The molecular formula is C17H19F2N. The summed E-state index contributed by atoms with van der Waals surface area (Å²) in [6, 6.07) is 11.2. The fourth-order valence-corrected chi connectivity index (χ4v) is 2.21. The predicted molar refractivity (Wildman–Crippen MR) is 77.4 cm³/mol. The summed E-state index contributed by atoms with van der Waals surface area (Å²) in [6.07, 6.45) is 3.32. The smallest absolute Gasteiger partial charge is 0.163 e. The topological polar surface area (TPSA) is 26.0 Å². The molecule has 0 aliphatic carbocycles. The second kappa shape index (κ2) is 6.62. The molecule has 0 spiro atoms. The van der Waals surface area contributed by atoms with E-state index in [4.69, 9.17) is 5.73 Å². The van der Waals surface area contributed by atoms with Crippen LogP contribution in [0.4, 0.5) is 8.78 Å². The average molecular weight is 275 g/mol. The van der Waals surface area contributed by atoms with Gasteiger partial charge in [-0.05, 0) is 30.0 Å². The summed E-state index contributed by atoms with van der Waals surface area (Å²) in [5.41, 5.74) is 8.24. The Morgan fingerprint density at radius 1 is 1.05 bits per heavy atom. The van der Waals surface area contributed by atoms with Crippen LogP contribution in [0.15, 0.2) is 42.5 Å². The Balaban J connectivity index is 2.20. The van der Waals surface area contributed by atoms with Gasteiger partial charge in [0.05, 0.1) is 6.04 Å². The number of benzene rings is 2. The van der Waals surface area contributed by atoms with Gasteiger partial charge in [-0.1, -0.05) is 49.7 Å². The van der Waals surface area contributed by atoms with Gasteiger partial charge in [0.25, 0.3) is 0 Å². The van der Waals surface area contributed by atoms with Crippen molar-refractivity contribution >= 4 is 0 Å². The fourth-order valence-electron chi connectivity index (χ4n) is 2.21. The van der Waals surface area contributed by atoms with E-state index in [0.29, 0.717) is 0 Å². The van der Waals surface area contributed by atoms with Crippen LogP contribution in [0.25, 0.3) is 0 Å². The van der Waals surface area contributed by atoms with E-state index in [1.807, 2.05) is 24.3 Å². The number of rotatable bonds is 5. The number of hydrogen-bond donors (Lipinski definition) is 1. The lowest BCUT2D eigenvalue weighted by molar-refractivity contribution is 0.494. The molecule has 2 aromatic rings. The van der Waals surface area contributed by atoms with E-state index in [0.717, 1.165) is 30.9 Å². The number of halogens is 2. The van der Waals surface area contributed by atoms with Crippen molar-refractivity contribution in [2.45, 2.75) is 32.2 Å². The Morgan fingerprint density at radius 3 is 2.40 bits per heavy atom. The molecule has 0 aliphatic rings. The molecule has 0 aliphatic heterocycles. The van der Waals surface area contributed by atoms with Gasteiger partial charge in [-0.25, -0.2) is 8.78 Å². The summed E-state index contributed by atoms with van der Waals surface area (Å²) in [7, 11) is 0. The number of unbranched alkanes of at least 4 members (excludes halogenated alkanes) is 1. The van der Waals surface area contributed by atoms with Gasteiger partial charge in [0.15, 0.2) is 11.6 Å². The Hall–Kier alpha value is -1.74. The summed E-state index contributed by atoms with van der Waals surface area (Å²) >= 11 is 0. The standard InChI is InChI=1S/C17H19F2N/c1-2-3-5-12-8-10-13(11-9-12)17(20)14-6-4-7-15(18)16(14)19/h4,6-11,17H,2-3,5,20H2,1H3. The Kier molecular flexibility index (Phi) is 4.85. The summed E-state index contributed by atoms with van der Waals surface area (Å²) in [6.45, 7) is 2.15. The molecule has 2 aromatic carbocycles. The first-order chi connectivity index (χ1) is 9.63. The minimum absolute atomic E-state index is 0.186. The maximum Gasteiger partial charge on any atom is 0.163 e. The third-order valence-electron chi connectivity index (χ3n) is 3.47. The maximum absolute atomic E-state index is 13.7. The number of aryl methyl sites for hydroxylation is 1. The average Bonchev–Trinajstić information content (AvgIpc) is 2.48. The molecule has 2 N–H and O–H groups in total. The zero-order valence-electron chi connectivity index (χ0n) is 11.6. The lowest BCUT2D eigenvalue weighted by Gasteiger charge is -2.14. The second-order valence-electron chi connectivity index (χ2n) is 4.97. The summed E-state index contributed by atoms with van der Waals surface area (Å²) in [4.78, 5) is 0.